The topological polar surface area (TPSA) is 72.3 Å². The van der Waals surface area contributed by atoms with Gasteiger partial charge in [-0.1, -0.05) is 0 Å². The molecule has 0 atom stereocenters. The number of pyridine rings is 1. The molecule has 30 heavy (non-hydrogen) atoms. The Bertz CT molecular complexity index is 1040. The van der Waals surface area contributed by atoms with E-state index in [2.05, 4.69) is 35.6 Å². The summed E-state index contributed by atoms with van der Waals surface area (Å²) in [6.07, 6.45) is 3.29. The van der Waals surface area contributed by atoms with E-state index in [9.17, 15) is 4.79 Å². The molecule has 0 spiro atoms. The summed E-state index contributed by atoms with van der Waals surface area (Å²) in [6, 6.07) is 11.4. The molecule has 7 heteroatoms. The summed E-state index contributed by atoms with van der Waals surface area (Å²) >= 11 is 0. The molecule has 0 radical (unpaired) electrons. The lowest BCUT2D eigenvalue weighted by atomic mass is 10.1. The zero-order valence-electron chi connectivity index (χ0n) is 17.8. The quantitative estimate of drug-likeness (QED) is 0.714. The van der Waals surface area contributed by atoms with Gasteiger partial charge in [-0.05, 0) is 57.2 Å². The van der Waals surface area contributed by atoms with E-state index in [-0.39, 0.29) is 11.4 Å². The fourth-order valence-electron chi connectivity index (χ4n) is 3.61. The number of anilines is 1. The van der Waals surface area contributed by atoms with Gasteiger partial charge in [0.15, 0.2) is 0 Å². The summed E-state index contributed by atoms with van der Waals surface area (Å²) in [7, 11) is 1.66. The van der Waals surface area contributed by atoms with E-state index in [0.717, 1.165) is 28.6 Å². The molecule has 1 aliphatic rings. The maximum Gasteiger partial charge on any atom is 0.254 e. The number of methoxy groups -OCH3 is 1. The van der Waals surface area contributed by atoms with Gasteiger partial charge in [0, 0.05) is 42.1 Å². The molecule has 2 aromatic heterocycles. The van der Waals surface area contributed by atoms with Crippen molar-refractivity contribution >= 4 is 11.7 Å². The smallest absolute Gasteiger partial charge is 0.254 e. The lowest BCUT2D eigenvalue weighted by molar-refractivity contribution is 0.0708. The summed E-state index contributed by atoms with van der Waals surface area (Å²) in [5, 5.41) is 3.62. The van der Waals surface area contributed by atoms with Crippen molar-refractivity contribution in [3.63, 3.8) is 0 Å². The number of fused-ring (bicyclic) bond motifs is 1. The molecule has 7 nitrogen and oxygen atoms in total. The number of nitrogens with zero attached hydrogens (tertiary/aromatic N) is 4. The highest BCUT2D eigenvalue weighted by Gasteiger charge is 2.28. The minimum atomic E-state index is -0.123. The second kappa shape index (κ2) is 7.82. The molecule has 1 aromatic carbocycles. The molecular formula is C23H27N5O2. The van der Waals surface area contributed by atoms with E-state index < -0.39 is 0 Å². The first-order valence-electron chi connectivity index (χ1n) is 10.1. The number of imidazole rings is 1. The number of rotatable bonds is 4. The zero-order valence-corrected chi connectivity index (χ0v) is 17.8. The van der Waals surface area contributed by atoms with Crippen LogP contribution in [0.15, 0.2) is 48.8 Å². The maximum absolute atomic E-state index is 12.9. The Labute approximate surface area is 176 Å². The van der Waals surface area contributed by atoms with Crippen LogP contribution in [0.25, 0.3) is 11.3 Å². The first kappa shape index (κ1) is 19.9. The van der Waals surface area contributed by atoms with E-state index in [4.69, 9.17) is 9.72 Å². The third kappa shape index (κ3) is 4.01. The maximum atomic E-state index is 12.9. The van der Waals surface area contributed by atoms with Gasteiger partial charge in [-0.15, -0.1) is 0 Å². The molecule has 1 aliphatic heterocycles. The number of ether oxygens (including phenoxy) is 1. The molecule has 1 amide bonds. The summed E-state index contributed by atoms with van der Waals surface area (Å²) in [5.74, 6) is 2.67. The van der Waals surface area contributed by atoms with Crippen molar-refractivity contribution in [2.24, 2.45) is 0 Å². The van der Waals surface area contributed by atoms with Crippen molar-refractivity contribution in [2.45, 2.75) is 39.4 Å². The standard InChI is InChI=1S/C23H27N5O2/c1-23(2,3)26-21-20(16-5-7-18(30-4)8-6-16)25-19-15-27(13-14-28(19)21)22(29)17-9-11-24-12-10-17/h5-12,26H,13-15H2,1-4H3. The summed E-state index contributed by atoms with van der Waals surface area (Å²) < 4.78 is 7.49. The van der Waals surface area contributed by atoms with E-state index in [1.54, 1.807) is 31.6 Å². The Kier molecular flexibility index (Phi) is 5.20. The molecule has 3 aromatic rings. The van der Waals surface area contributed by atoms with Gasteiger partial charge in [0.25, 0.3) is 5.91 Å². The van der Waals surface area contributed by atoms with Crippen LogP contribution in [0.4, 0.5) is 5.82 Å². The minimum absolute atomic E-state index is 0.00276. The number of carbonyl (C=O) groups excluding carboxylic acids is 1. The van der Waals surface area contributed by atoms with Crippen molar-refractivity contribution < 1.29 is 9.53 Å². The monoisotopic (exact) mass is 405 g/mol. The number of amides is 1. The Hall–Kier alpha value is -3.35. The Morgan fingerprint density at radius 2 is 1.77 bits per heavy atom. The Balaban J connectivity index is 1.69. The van der Waals surface area contributed by atoms with Crippen LogP contribution < -0.4 is 10.1 Å². The highest BCUT2D eigenvalue weighted by Crippen LogP contribution is 2.33. The molecule has 0 saturated heterocycles. The molecule has 3 heterocycles. The van der Waals surface area contributed by atoms with Gasteiger partial charge < -0.3 is 19.5 Å². The third-order valence-electron chi connectivity index (χ3n) is 5.04. The van der Waals surface area contributed by atoms with Crippen LogP contribution in [-0.2, 0) is 13.1 Å². The van der Waals surface area contributed by atoms with E-state index in [1.807, 2.05) is 29.2 Å². The zero-order chi connectivity index (χ0) is 21.3. The Morgan fingerprint density at radius 3 is 2.40 bits per heavy atom. The molecular weight excluding hydrogens is 378 g/mol. The molecule has 0 unspecified atom stereocenters. The second-order valence-electron chi connectivity index (χ2n) is 8.44. The van der Waals surface area contributed by atoms with Crippen LogP contribution in [0, 0.1) is 0 Å². The molecule has 0 fully saturated rings. The predicted octanol–water partition coefficient (Wildman–Crippen LogP) is 3.82. The van der Waals surface area contributed by atoms with Crippen LogP contribution in [-0.4, -0.2) is 44.5 Å². The molecule has 156 valence electrons. The Morgan fingerprint density at radius 1 is 1.07 bits per heavy atom. The normalized spacial score (nSPS) is 13.7. The average Bonchev–Trinajstić information content (AvgIpc) is 3.10. The highest BCUT2D eigenvalue weighted by atomic mass is 16.5. The molecule has 1 N–H and O–H groups in total. The fourth-order valence-corrected chi connectivity index (χ4v) is 3.61. The van der Waals surface area contributed by atoms with Gasteiger partial charge in [-0.3, -0.25) is 9.78 Å². The average molecular weight is 406 g/mol. The van der Waals surface area contributed by atoms with Crippen LogP contribution >= 0.6 is 0 Å². The number of aromatic nitrogens is 3. The number of carbonyl (C=O) groups is 1. The summed E-state index contributed by atoms with van der Waals surface area (Å²) in [4.78, 5) is 23.7. The van der Waals surface area contributed by atoms with Gasteiger partial charge in [-0.25, -0.2) is 4.98 Å². The molecule has 0 bridgehead atoms. The van der Waals surface area contributed by atoms with Crippen LogP contribution in [0.2, 0.25) is 0 Å². The summed E-state index contributed by atoms with van der Waals surface area (Å²) in [6.45, 7) is 8.18. The predicted molar refractivity (Wildman–Crippen MR) is 117 cm³/mol. The van der Waals surface area contributed by atoms with E-state index >= 15 is 0 Å². The molecule has 4 rings (SSSR count). The van der Waals surface area contributed by atoms with Crippen molar-refractivity contribution in [1.82, 2.24) is 19.4 Å². The van der Waals surface area contributed by atoms with E-state index in [0.29, 0.717) is 25.2 Å². The van der Waals surface area contributed by atoms with Crippen molar-refractivity contribution in [2.75, 3.05) is 19.0 Å². The van der Waals surface area contributed by atoms with Gasteiger partial charge in [-0.2, -0.15) is 0 Å². The third-order valence-corrected chi connectivity index (χ3v) is 5.04. The molecule has 0 aliphatic carbocycles. The van der Waals surface area contributed by atoms with Crippen molar-refractivity contribution in [1.29, 1.82) is 0 Å². The number of hydrogen-bond acceptors (Lipinski definition) is 5. The van der Waals surface area contributed by atoms with Gasteiger partial charge in [0.05, 0.1) is 13.7 Å². The van der Waals surface area contributed by atoms with Crippen LogP contribution in [0.3, 0.4) is 0 Å². The van der Waals surface area contributed by atoms with Crippen LogP contribution in [0.1, 0.15) is 37.0 Å². The lowest BCUT2D eigenvalue weighted by Crippen LogP contribution is -2.39. The van der Waals surface area contributed by atoms with Crippen molar-refractivity contribution in [3.05, 3.63) is 60.2 Å². The highest BCUT2D eigenvalue weighted by molar-refractivity contribution is 5.94. The largest absolute Gasteiger partial charge is 0.497 e. The number of benzene rings is 1. The van der Waals surface area contributed by atoms with Gasteiger partial charge >= 0.3 is 0 Å². The SMILES string of the molecule is COc1ccc(-c2nc3n(c2NC(C)(C)C)CCN(C(=O)c2ccncc2)C3)cc1. The fraction of sp³-hybridized carbons (Fsp3) is 0.348. The van der Waals surface area contributed by atoms with Crippen LogP contribution in [0.5, 0.6) is 5.75 Å². The van der Waals surface area contributed by atoms with E-state index in [1.165, 1.54) is 0 Å². The molecule has 0 saturated carbocycles. The minimum Gasteiger partial charge on any atom is -0.497 e. The first-order valence-corrected chi connectivity index (χ1v) is 10.1. The van der Waals surface area contributed by atoms with Gasteiger partial charge in [0.1, 0.15) is 23.1 Å². The number of nitrogens with one attached hydrogen (secondary N) is 1. The van der Waals surface area contributed by atoms with Gasteiger partial charge in [0.2, 0.25) is 0 Å². The number of hydrogen-bond donors (Lipinski definition) is 1. The summed E-state index contributed by atoms with van der Waals surface area (Å²) in [5.41, 5.74) is 2.42. The lowest BCUT2D eigenvalue weighted by Gasteiger charge is -2.30. The van der Waals surface area contributed by atoms with Crippen molar-refractivity contribution in [3.8, 4) is 17.0 Å². The second-order valence-corrected chi connectivity index (χ2v) is 8.44. The first-order chi connectivity index (χ1) is 14.4.